The van der Waals surface area contributed by atoms with E-state index in [2.05, 4.69) is 9.97 Å². The minimum atomic E-state index is -0.884. The van der Waals surface area contributed by atoms with Crippen LogP contribution >= 0.6 is 0 Å². The van der Waals surface area contributed by atoms with Gasteiger partial charge in [0.2, 0.25) is 5.95 Å². The predicted molar refractivity (Wildman–Crippen MR) is 59.2 cm³/mol. The van der Waals surface area contributed by atoms with Crippen molar-refractivity contribution in [2.45, 2.75) is 25.8 Å². The molecule has 1 aromatic heterocycles. The van der Waals surface area contributed by atoms with Gasteiger partial charge in [-0.1, -0.05) is 6.92 Å². The van der Waals surface area contributed by atoms with Crippen molar-refractivity contribution < 1.29 is 14.3 Å². The van der Waals surface area contributed by atoms with Gasteiger partial charge in [-0.25, -0.2) is 19.2 Å². The van der Waals surface area contributed by atoms with E-state index in [0.717, 1.165) is 25.2 Å². The summed E-state index contributed by atoms with van der Waals surface area (Å²) in [6, 6.07) is -0.630. The number of hydrogen-bond acceptors (Lipinski definition) is 4. The van der Waals surface area contributed by atoms with Gasteiger partial charge in [0.05, 0.1) is 12.4 Å². The van der Waals surface area contributed by atoms with E-state index < -0.39 is 17.8 Å². The first-order valence-electron chi connectivity index (χ1n) is 5.56. The Balaban J connectivity index is 2.28. The second-order valence-electron chi connectivity index (χ2n) is 4.30. The molecule has 2 atom stereocenters. The number of nitrogens with zero attached hydrogens (tertiary/aromatic N) is 3. The predicted octanol–water partition coefficient (Wildman–Crippen LogP) is 1.31. The number of anilines is 1. The highest BCUT2D eigenvalue weighted by Crippen LogP contribution is 2.26. The van der Waals surface area contributed by atoms with Crippen molar-refractivity contribution in [1.29, 1.82) is 0 Å². The lowest BCUT2D eigenvalue weighted by molar-refractivity contribution is -0.140. The molecule has 0 radical (unpaired) electrons. The van der Waals surface area contributed by atoms with E-state index in [-0.39, 0.29) is 11.9 Å². The van der Waals surface area contributed by atoms with Crippen molar-refractivity contribution in [3.8, 4) is 0 Å². The summed E-state index contributed by atoms with van der Waals surface area (Å²) in [5.74, 6) is -1.09. The molecule has 0 saturated carbocycles. The van der Waals surface area contributed by atoms with E-state index in [0.29, 0.717) is 6.54 Å². The molecule has 17 heavy (non-hydrogen) atoms. The van der Waals surface area contributed by atoms with E-state index in [4.69, 9.17) is 0 Å². The number of carbonyl (C=O) groups is 1. The molecule has 0 spiro atoms. The smallest absolute Gasteiger partial charge is 0.326 e. The number of hydrogen-bond donors (Lipinski definition) is 1. The molecule has 1 saturated heterocycles. The summed E-state index contributed by atoms with van der Waals surface area (Å²) in [5.41, 5.74) is 0. The largest absolute Gasteiger partial charge is 0.480 e. The molecule has 5 nitrogen and oxygen atoms in total. The Bertz CT molecular complexity index is 410. The van der Waals surface area contributed by atoms with Crippen molar-refractivity contribution in [3.63, 3.8) is 0 Å². The number of rotatable bonds is 2. The third kappa shape index (κ3) is 2.35. The van der Waals surface area contributed by atoms with E-state index in [1.165, 1.54) is 0 Å². The van der Waals surface area contributed by atoms with Gasteiger partial charge in [-0.15, -0.1) is 0 Å². The van der Waals surface area contributed by atoms with Gasteiger partial charge in [-0.3, -0.25) is 0 Å². The zero-order valence-electron chi connectivity index (χ0n) is 9.51. The summed E-state index contributed by atoms with van der Waals surface area (Å²) in [6.45, 7) is 2.49. The fourth-order valence-electron chi connectivity index (χ4n) is 2.24. The van der Waals surface area contributed by atoms with E-state index in [9.17, 15) is 14.3 Å². The Kier molecular flexibility index (Phi) is 3.21. The van der Waals surface area contributed by atoms with Gasteiger partial charge in [0.25, 0.3) is 0 Å². The zero-order chi connectivity index (χ0) is 12.4. The fourth-order valence-corrected chi connectivity index (χ4v) is 2.24. The van der Waals surface area contributed by atoms with Crippen molar-refractivity contribution in [2.24, 2.45) is 5.92 Å². The Morgan fingerprint density at radius 1 is 1.53 bits per heavy atom. The first kappa shape index (κ1) is 11.8. The van der Waals surface area contributed by atoms with E-state index >= 15 is 0 Å². The Labute approximate surface area is 98.3 Å². The molecule has 1 N–H and O–H groups in total. The molecule has 0 aromatic carbocycles. The highest BCUT2D eigenvalue weighted by atomic mass is 19.1. The van der Waals surface area contributed by atoms with Crippen LogP contribution in [0.1, 0.15) is 19.8 Å². The third-order valence-corrected chi connectivity index (χ3v) is 3.05. The molecule has 92 valence electrons. The molecule has 0 bridgehead atoms. The van der Waals surface area contributed by atoms with Crippen LogP contribution in [0.4, 0.5) is 10.3 Å². The van der Waals surface area contributed by atoms with Crippen LogP contribution in [-0.2, 0) is 4.79 Å². The van der Waals surface area contributed by atoms with Crippen LogP contribution in [0.2, 0.25) is 0 Å². The maximum Gasteiger partial charge on any atom is 0.326 e. The van der Waals surface area contributed by atoms with Crippen LogP contribution in [-0.4, -0.2) is 33.6 Å². The van der Waals surface area contributed by atoms with Crippen LogP contribution in [0.25, 0.3) is 0 Å². The monoisotopic (exact) mass is 239 g/mol. The Morgan fingerprint density at radius 2 is 2.18 bits per heavy atom. The number of carboxylic acid groups (broad SMARTS) is 1. The van der Waals surface area contributed by atoms with Crippen molar-refractivity contribution in [1.82, 2.24) is 9.97 Å². The fraction of sp³-hybridized carbons (Fsp3) is 0.545. The minimum Gasteiger partial charge on any atom is -0.480 e. The Hall–Kier alpha value is -1.72. The molecule has 6 heteroatoms. The summed E-state index contributed by atoms with van der Waals surface area (Å²) in [5, 5.41) is 9.22. The lowest BCUT2D eigenvalue weighted by Crippen LogP contribution is -2.50. The molecule has 1 aliphatic rings. The summed E-state index contributed by atoms with van der Waals surface area (Å²) in [4.78, 5) is 20.6. The standard InChI is InChI=1S/C11H14FN3O2/c1-7-3-2-4-15(9(7)10(16)17)11-13-5-8(12)6-14-11/h5-7,9H,2-4H2,1H3,(H,16,17). The maximum atomic E-state index is 12.7. The quantitative estimate of drug-likeness (QED) is 0.842. The summed E-state index contributed by atoms with van der Waals surface area (Å²) in [7, 11) is 0. The van der Waals surface area contributed by atoms with Gasteiger partial charge < -0.3 is 10.0 Å². The zero-order valence-corrected chi connectivity index (χ0v) is 9.51. The molecule has 0 aliphatic carbocycles. The number of piperidine rings is 1. The highest BCUT2D eigenvalue weighted by molar-refractivity contribution is 5.78. The van der Waals surface area contributed by atoms with Gasteiger partial charge in [0.15, 0.2) is 5.82 Å². The van der Waals surface area contributed by atoms with Gasteiger partial charge in [-0.05, 0) is 18.8 Å². The molecule has 1 fully saturated rings. The second-order valence-corrected chi connectivity index (χ2v) is 4.30. The van der Waals surface area contributed by atoms with Gasteiger partial charge in [-0.2, -0.15) is 0 Å². The van der Waals surface area contributed by atoms with Crippen LogP contribution in [0.5, 0.6) is 0 Å². The van der Waals surface area contributed by atoms with Crippen LogP contribution in [0, 0.1) is 11.7 Å². The van der Waals surface area contributed by atoms with Gasteiger partial charge >= 0.3 is 5.97 Å². The summed E-state index contributed by atoms with van der Waals surface area (Å²) >= 11 is 0. The number of halogens is 1. The lowest BCUT2D eigenvalue weighted by Gasteiger charge is -2.37. The third-order valence-electron chi connectivity index (χ3n) is 3.05. The SMILES string of the molecule is CC1CCCN(c2ncc(F)cn2)C1C(=O)O. The number of aliphatic carboxylic acids is 1. The first-order valence-corrected chi connectivity index (χ1v) is 5.56. The molecule has 2 unspecified atom stereocenters. The summed E-state index contributed by atoms with van der Waals surface area (Å²) < 4.78 is 12.7. The topological polar surface area (TPSA) is 66.3 Å². The van der Waals surface area contributed by atoms with E-state index in [1.807, 2.05) is 6.92 Å². The van der Waals surface area contributed by atoms with Crippen molar-refractivity contribution in [2.75, 3.05) is 11.4 Å². The van der Waals surface area contributed by atoms with E-state index in [1.54, 1.807) is 4.90 Å². The number of carboxylic acids is 1. The molecule has 2 rings (SSSR count). The average Bonchev–Trinajstić information content (AvgIpc) is 2.29. The highest BCUT2D eigenvalue weighted by Gasteiger charge is 2.35. The normalized spacial score (nSPS) is 24.7. The van der Waals surface area contributed by atoms with Crippen LogP contribution in [0.15, 0.2) is 12.4 Å². The molecule has 2 heterocycles. The lowest BCUT2D eigenvalue weighted by atomic mass is 9.91. The van der Waals surface area contributed by atoms with Gasteiger partial charge in [0.1, 0.15) is 6.04 Å². The molecule has 1 aliphatic heterocycles. The van der Waals surface area contributed by atoms with Crippen LogP contribution in [0.3, 0.4) is 0 Å². The molecule has 1 aromatic rings. The minimum absolute atomic E-state index is 0.0369. The molecule has 0 amide bonds. The maximum absolute atomic E-state index is 12.7. The second kappa shape index (κ2) is 4.65. The number of aromatic nitrogens is 2. The molecular weight excluding hydrogens is 225 g/mol. The summed E-state index contributed by atoms with van der Waals surface area (Å²) in [6.07, 6.45) is 3.88. The Morgan fingerprint density at radius 3 is 2.76 bits per heavy atom. The van der Waals surface area contributed by atoms with Crippen molar-refractivity contribution >= 4 is 11.9 Å². The first-order chi connectivity index (χ1) is 8.09. The van der Waals surface area contributed by atoms with Crippen molar-refractivity contribution in [3.05, 3.63) is 18.2 Å². The average molecular weight is 239 g/mol. The van der Waals surface area contributed by atoms with Crippen LogP contribution < -0.4 is 4.90 Å². The molecular formula is C11H14FN3O2. The van der Waals surface area contributed by atoms with Gasteiger partial charge in [0, 0.05) is 6.54 Å².